The fraction of sp³-hybridized carbons (Fsp3) is 0.556. The number of nitrogens with zero attached hydrogens (tertiary/aromatic N) is 1. The third kappa shape index (κ3) is 6.72. The van der Waals surface area contributed by atoms with E-state index in [0.717, 1.165) is 18.4 Å². The summed E-state index contributed by atoms with van der Waals surface area (Å²) < 4.78 is 5.28. The van der Waals surface area contributed by atoms with Gasteiger partial charge in [0.25, 0.3) is 0 Å². The zero-order chi connectivity index (χ0) is 17.5. The van der Waals surface area contributed by atoms with Gasteiger partial charge in [-0.05, 0) is 32.8 Å². The van der Waals surface area contributed by atoms with Crippen molar-refractivity contribution in [3.05, 3.63) is 35.9 Å². The molecule has 0 aliphatic heterocycles. The SMILES string of the molecule is CCCCN(C)C(=O)C(NC(=O)OC(C)(C)C)c1ccccc1. The highest BCUT2D eigenvalue weighted by Gasteiger charge is 2.27. The van der Waals surface area contributed by atoms with Crippen LogP contribution in [0, 0.1) is 0 Å². The van der Waals surface area contributed by atoms with Gasteiger partial charge in [-0.15, -0.1) is 0 Å². The van der Waals surface area contributed by atoms with Gasteiger partial charge in [-0.1, -0.05) is 43.7 Å². The van der Waals surface area contributed by atoms with Gasteiger partial charge in [0.1, 0.15) is 11.6 Å². The van der Waals surface area contributed by atoms with Crippen molar-refractivity contribution < 1.29 is 14.3 Å². The van der Waals surface area contributed by atoms with Gasteiger partial charge in [0.2, 0.25) is 5.91 Å². The van der Waals surface area contributed by atoms with Gasteiger partial charge in [-0.3, -0.25) is 4.79 Å². The maximum Gasteiger partial charge on any atom is 0.408 e. The van der Waals surface area contributed by atoms with E-state index in [2.05, 4.69) is 12.2 Å². The summed E-state index contributed by atoms with van der Waals surface area (Å²) in [4.78, 5) is 26.4. The molecule has 23 heavy (non-hydrogen) atoms. The van der Waals surface area contributed by atoms with Gasteiger partial charge in [0.15, 0.2) is 0 Å². The Balaban J connectivity index is 2.90. The Morgan fingerprint density at radius 3 is 2.35 bits per heavy atom. The minimum absolute atomic E-state index is 0.143. The van der Waals surface area contributed by atoms with Gasteiger partial charge in [-0.2, -0.15) is 0 Å². The van der Waals surface area contributed by atoms with E-state index < -0.39 is 17.7 Å². The van der Waals surface area contributed by atoms with Gasteiger partial charge in [-0.25, -0.2) is 4.79 Å². The quantitative estimate of drug-likeness (QED) is 0.872. The van der Waals surface area contributed by atoms with Gasteiger partial charge in [0, 0.05) is 13.6 Å². The van der Waals surface area contributed by atoms with Crippen LogP contribution in [0.25, 0.3) is 0 Å². The number of amides is 2. The molecule has 0 saturated heterocycles. The summed E-state index contributed by atoms with van der Waals surface area (Å²) in [5.74, 6) is -0.143. The number of carbonyl (C=O) groups excluding carboxylic acids is 2. The second-order valence-corrected chi connectivity index (χ2v) is 6.60. The topological polar surface area (TPSA) is 58.6 Å². The van der Waals surface area contributed by atoms with E-state index in [0.29, 0.717) is 6.54 Å². The monoisotopic (exact) mass is 320 g/mol. The molecule has 1 aromatic carbocycles. The number of carbonyl (C=O) groups is 2. The van der Waals surface area contributed by atoms with Gasteiger partial charge < -0.3 is 15.0 Å². The van der Waals surface area contributed by atoms with Crippen LogP contribution < -0.4 is 5.32 Å². The molecule has 0 heterocycles. The summed E-state index contributed by atoms with van der Waals surface area (Å²) in [7, 11) is 1.75. The van der Waals surface area contributed by atoms with Crippen molar-refractivity contribution in [2.24, 2.45) is 0 Å². The molecule has 0 aliphatic rings. The lowest BCUT2D eigenvalue weighted by molar-refractivity contribution is -0.132. The molecule has 1 rings (SSSR count). The van der Waals surface area contributed by atoms with Crippen LogP contribution in [-0.4, -0.2) is 36.1 Å². The maximum absolute atomic E-state index is 12.7. The van der Waals surface area contributed by atoms with E-state index in [-0.39, 0.29) is 5.91 Å². The lowest BCUT2D eigenvalue weighted by Gasteiger charge is -2.26. The van der Waals surface area contributed by atoms with E-state index in [1.54, 1.807) is 32.7 Å². The van der Waals surface area contributed by atoms with Crippen molar-refractivity contribution >= 4 is 12.0 Å². The molecule has 0 aliphatic carbocycles. The second-order valence-electron chi connectivity index (χ2n) is 6.60. The first-order valence-electron chi connectivity index (χ1n) is 8.04. The largest absolute Gasteiger partial charge is 0.444 e. The number of likely N-dealkylation sites (N-methyl/N-ethyl adjacent to an activating group) is 1. The molecule has 5 nitrogen and oxygen atoms in total. The lowest BCUT2D eigenvalue weighted by atomic mass is 10.1. The first-order valence-corrected chi connectivity index (χ1v) is 8.04. The average Bonchev–Trinajstić information content (AvgIpc) is 2.48. The third-order valence-electron chi connectivity index (χ3n) is 3.26. The van der Waals surface area contributed by atoms with Crippen LogP contribution in [-0.2, 0) is 9.53 Å². The van der Waals surface area contributed by atoms with E-state index in [9.17, 15) is 9.59 Å². The Labute approximate surface area is 139 Å². The van der Waals surface area contributed by atoms with Crippen molar-refractivity contribution in [1.82, 2.24) is 10.2 Å². The second kappa shape index (κ2) is 8.56. The summed E-state index contributed by atoms with van der Waals surface area (Å²) in [6.07, 6.45) is 1.34. The molecular formula is C18H28N2O3. The lowest BCUT2D eigenvalue weighted by Crippen LogP contribution is -2.43. The van der Waals surface area contributed by atoms with Gasteiger partial charge >= 0.3 is 6.09 Å². The Morgan fingerprint density at radius 1 is 1.22 bits per heavy atom. The number of benzene rings is 1. The number of ether oxygens (including phenoxy) is 1. The molecular weight excluding hydrogens is 292 g/mol. The van der Waals surface area contributed by atoms with E-state index >= 15 is 0 Å². The summed E-state index contributed by atoms with van der Waals surface area (Å²) in [6.45, 7) is 8.11. The molecule has 1 unspecified atom stereocenters. The minimum atomic E-state index is -0.743. The highest BCUT2D eigenvalue weighted by molar-refractivity contribution is 5.86. The van der Waals surface area contributed by atoms with E-state index in [1.807, 2.05) is 30.3 Å². The van der Waals surface area contributed by atoms with Crippen molar-refractivity contribution in [1.29, 1.82) is 0 Å². The number of hydrogen-bond acceptors (Lipinski definition) is 3. The smallest absolute Gasteiger partial charge is 0.408 e. The molecule has 1 N–H and O–H groups in total. The van der Waals surface area contributed by atoms with Crippen LogP contribution in [0.5, 0.6) is 0 Å². The average molecular weight is 320 g/mol. The summed E-state index contributed by atoms with van der Waals surface area (Å²) in [6, 6.07) is 8.48. The minimum Gasteiger partial charge on any atom is -0.444 e. The molecule has 1 aromatic rings. The van der Waals surface area contributed by atoms with Crippen LogP contribution in [0.3, 0.4) is 0 Å². The Kier molecular flexibility index (Phi) is 7.07. The normalized spacial score (nSPS) is 12.4. The summed E-state index contributed by atoms with van der Waals surface area (Å²) >= 11 is 0. The fourth-order valence-corrected chi connectivity index (χ4v) is 2.08. The van der Waals surface area contributed by atoms with Crippen molar-refractivity contribution in [2.45, 2.75) is 52.2 Å². The Morgan fingerprint density at radius 2 is 1.83 bits per heavy atom. The number of unbranched alkanes of at least 4 members (excludes halogenated alkanes) is 1. The zero-order valence-electron chi connectivity index (χ0n) is 14.8. The van der Waals surface area contributed by atoms with Crippen molar-refractivity contribution in [3.63, 3.8) is 0 Å². The van der Waals surface area contributed by atoms with Crippen molar-refractivity contribution in [3.8, 4) is 0 Å². The third-order valence-corrected chi connectivity index (χ3v) is 3.26. The van der Waals surface area contributed by atoms with Crippen LogP contribution >= 0.6 is 0 Å². The predicted molar refractivity (Wildman–Crippen MR) is 91.1 cm³/mol. The standard InChI is InChI=1S/C18H28N2O3/c1-6-7-13-20(5)16(21)15(14-11-9-8-10-12-14)19-17(22)23-18(2,3)4/h8-12,15H,6-7,13H2,1-5H3,(H,19,22). The molecule has 0 aromatic heterocycles. The summed E-state index contributed by atoms with van der Waals surface area (Å²) in [5, 5.41) is 2.69. The fourth-order valence-electron chi connectivity index (χ4n) is 2.08. The molecule has 0 saturated carbocycles. The number of rotatable bonds is 6. The van der Waals surface area contributed by atoms with Crippen LogP contribution in [0.15, 0.2) is 30.3 Å². The molecule has 0 spiro atoms. The summed E-state index contributed by atoms with van der Waals surface area (Å²) in [5.41, 5.74) is 0.134. The first kappa shape index (κ1) is 19.0. The molecule has 0 radical (unpaired) electrons. The molecule has 2 amide bonds. The predicted octanol–water partition coefficient (Wildman–Crippen LogP) is 3.51. The van der Waals surface area contributed by atoms with Crippen LogP contribution in [0.4, 0.5) is 4.79 Å². The van der Waals surface area contributed by atoms with Crippen LogP contribution in [0.2, 0.25) is 0 Å². The first-order chi connectivity index (χ1) is 10.7. The molecule has 5 heteroatoms. The highest BCUT2D eigenvalue weighted by Crippen LogP contribution is 2.17. The number of nitrogens with one attached hydrogen (secondary N) is 1. The number of hydrogen-bond donors (Lipinski definition) is 1. The molecule has 0 fully saturated rings. The van der Waals surface area contributed by atoms with Gasteiger partial charge in [0.05, 0.1) is 0 Å². The van der Waals surface area contributed by atoms with E-state index in [1.165, 1.54) is 0 Å². The number of alkyl carbamates (subject to hydrolysis) is 1. The molecule has 0 bridgehead atoms. The van der Waals surface area contributed by atoms with E-state index in [4.69, 9.17) is 4.74 Å². The Bertz CT molecular complexity index is 509. The van der Waals surface area contributed by atoms with Crippen molar-refractivity contribution in [2.75, 3.05) is 13.6 Å². The van der Waals surface area contributed by atoms with Crippen LogP contribution in [0.1, 0.15) is 52.1 Å². The zero-order valence-corrected chi connectivity index (χ0v) is 14.8. The Hall–Kier alpha value is -2.04. The highest BCUT2D eigenvalue weighted by atomic mass is 16.6. The maximum atomic E-state index is 12.7. The molecule has 128 valence electrons. The molecule has 1 atom stereocenters.